The van der Waals surface area contributed by atoms with E-state index in [2.05, 4.69) is 0 Å². The van der Waals surface area contributed by atoms with Gasteiger partial charge >= 0.3 is 0 Å². The topological polar surface area (TPSA) is 35.2 Å². The summed E-state index contributed by atoms with van der Waals surface area (Å²) in [6.45, 7) is 1.03. The first-order valence-electron chi connectivity index (χ1n) is 5.49. The van der Waals surface area contributed by atoms with E-state index in [1.807, 2.05) is 48.5 Å². The van der Waals surface area contributed by atoms with Crippen molar-refractivity contribution in [2.45, 2.75) is 0 Å². The Labute approximate surface area is 106 Å². The molecule has 0 fully saturated rings. The molecule has 0 heterocycles. The summed E-state index contributed by atoms with van der Waals surface area (Å²) in [6, 6.07) is 15.6. The predicted molar refractivity (Wildman–Crippen MR) is 71.4 cm³/mol. The summed E-state index contributed by atoms with van der Waals surface area (Å²) in [5.74, 6) is 0.813. The zero-order chi connectivity index (χ0) is 12.1. The third-order valence-electron chi connectivity index (χ3n) is 2.41. The summed E-state index contributed by atoms with van der Waals surface area (Å²) in [6.07, 6.45) is 0. The fourth-order valence-corrected chi connectivity index (χ4v) is 1.87. The molecule has 2 nitrogen and oxygen atoms in total. The fourth-order valence-electron chi connectivity index (χ4n) is 1.63. The molecule has 0 saturated heterocycles. The zero-order valence-electron chi connectivity index (χ0n) is 9.40. The van der Waals surface area contributed by atoms with Gasteiger partial charge in [-0.2, -0.15) is 0 Å². The molecule has 0 radical (unpaired) electrons. The first-order chi connectivity index (χ1) is 8.31. The van der Waals surface area contributed by atoms with Crippen LogP contribution in [0.2, 0.25) is 5.02 Å². The van der Waals surface area contributed by atoms with E-state index in [9.17, 15) is 0 Å². The van der Waals surface area contributed by atoms with Crippen LogP contribution in [0.15, 0.2) is 48.5 Å². The van der Waals surface area contributed by atoms with Crippen molar-refractivity contribution in [2.24, 2.45) is 5.73 Å². The molecule has 0 unspecified atom stereocenters. The molecule has 2 aromatic carbocycles. The number of nitrogens with two attached hydrogens (primary N) is 1. The minimum absolute atomic E-state index is 0.510. The molecule has 0 aliphatic carbocycles. The van der Waals surface area contributed by atoms with Gasteiger partial charge in [-0.3, -0.25) is 0 Å². The Morgan fingerprint density at radius 2 is 1.88 bits per heavy atom. The van der Waals surface area contributed by atoms with E-state index in [4.69, 9.17) is 22.1 Å². The van der Waals surface area contributed by atoms with Gasteiger partial charge in [0.05, 0.1) is 0 Å². The maximum Gasteiger partial charge on any atom is 0.119 e. The number of halogens is 1. The van der Waals surface area contributed by atoms with Gasteiger partial charge in [0.1, 0.15) is 12.4 Å². The van der Waals surface area contributed by atoms with Crippen molar-refractivity contribution in [2.75, 3.05) is 13.2 Å². The van der Waals surface area contributed by atoms with E-state index in [0.29, 0.717) is 13.2 Å². The standard InChI is InChI=1S/C14H14ClNO/c15-14-7-2-1-6-13(14)11-4-3-5-12(10-11)17-9-8-16/h1-7,10H,8-9,16H2. The summed E-state index contributed by atoms with van der Waals surface area (Å²) in [5, 5.41) is 0.739. The number of ether oxygens (including phenoxy) is 1. The van der Waals surface area contributed by atoms with Crippen LogP contribution >= 0.6 is 11.6 Å². The van der Waals surface area contributed by atoms with Crippen molar-refractivity contribution in [3.8, 4) is 16.9 Å². The van der Waals surface area contributed by atoms with Gasteiger partial charge in [-0.15, -0.1) is 0 Å². The normalized spacial score (nSPS) is 10.2. The van der Waals surface area contributed by atoms with Crippen LogP contribution in [0.25, 0.3) is 11.1 Å². The number of benzene rings is 2. The molecule has 2 rings (SSSR count). The average Bonchev–Trinajstić information content (AvgIpc) is 2.37. The van der Waals surface area contributed by atoms with E-state index in [-0.39, 0.29) is 0 Å². The molecule has 0 saturated carbocycles. The Balaban J connectivity index is 2.30. The second-order valence-electron chi connectivity index (χ2n) is 3.64. The lowest BCUT2D eigenvalue weighted by atomic mass is 10.1. The Bertz CT molecular complexity index is 499. The first kappa shape index (κ1) is 12.0. The summed E-state index contributed by atoms with van der Waals surface area (Å²) >= 11 is 6.15. The lowest BCUT2D eigenvalue weighted by molar-refractivity contribution is 0.328. The minimum atomic E-state index is 0.510. The van der Waals surface area contributed by atoms with Gasteiger partial charge in [-0.25, -0.2) is 0 Å². The molecule has 2 N–H and O–H groups in total. The fraction of sp³-hybridized carbons (Fsp3) is 0.143. The first-order valence-corrected chi connectivity index (χ1v) is 5.87. The van der Waals surface area contributed by atoms with E-state index >= 15 is 0 Å². The molecule has 2 aromatic rings. The molecule has 88 valence electrons. The van der Waals surface area contributed by atoms with Crippen molar-refractivity contribution in [3.63, 3.8) is 0 Å². The quantitative estimate of drug-likeness (QED) is 0.899. The van der Waals surface area contributed by atoms with Crippen molar-refractivity contribution >= 4 is 11.6 Å². The van der Waals surface area contributed by atoms with Gasteiger partial charge in [0, 0.05) is 17.1 Å². The van der Waals surface area contributed by atoms with Crippen LogP contribution in [0.4, 0.5) is 0 Å². The molecule has 0 aromatic heterocycles. The third kappa shape index (κ3) is 2.99. The largest absolute Gasteiger partial charge is 0.492 e. The van der Waals surface area contributed by atoms with Crippen molar-refractivity contribution in [1.29, 1.82) is 0 Å². The van der Waals surface area contributed by atoms with Gasteiger partial charge in [0.25, 0.3) is 0 Å². The molecule has 0 aliphatic heterocycles. The van der Waals surface area contributed by atoms with Crippen molar-refractivity contribution in [1.82, 2.24) is 0 Å². The predicted octanol–water partition coefficient (Wildman–Crippen LogP) is 3.34. The van der Waals surface area contributed by atoms with E-state index in [0.717, 1.165) is 21.9 Å². The summed E-state index contributed by atoms with van der Waals surface area (Å²) < 4.78 is 5.49. The van der Waals surface area contributed by atoms with Gasteiger partial charge in [-0.1, -0.05) is 41.9 Å². The maximum absolute atomic E-state index is 6.15. The zero-order valence-corrected chi connectivity index (χ0v) is 10.2. The highest BCUT2D eigenvalue weighted by molar-refractivity contribution is 6.33. The van der Waals surface area contributed by atoms with Gasteiger partial charge in [0.15, 0.2) is 0 Å². The third-order valence-corrected chi connectivity index (χ3v) is 2.74. The SMILES string of the molecule is NCCOc1cccc(-c2ccccc2Cl)c1. The molecule has 0 aliphatic rings. The van der Waals surface area contributed by atoms with E-state index < -0.39 is 0 Å². The van der Waals surface area contributed by atoms with Crippen LogP contribution in [0, 0.1) is 0 Å². The minimum Gasteiger partial charge on any atom is -0.492 e. The second kappa shape index (κ2) is 5.71. The molecule has 0 atom stereocenters. The number of hydrogen-bond donors (Lipinski definition) is 1. The smallest absolute Gasteiger partial charge is 0.119 e. The van der Waals surface area contributed by atoms with E-state index in [1.165, 1.54) is 0 Å². The maximum atomic E-state index is 6.15. The van der Waals surface area contributed by atoms with Crippen molar-refractivity contribution < 1.29 is 4.74 Å². The summed E-state index contributed by atoms with van der Waals surface area (Å²) in [4.78, 5) is 0. The van der Waals surface area contributed by atoms with Crippen LogP contribution in [0.3, 0.4) is 0 Å². The highest BCUT2D eigenvalue weighted by atomic mass is 35.5. The molecule has 0 amide bonds. The number of hydrogen-bond acceptors (Lipinski definition) is 2. The van der Waals surface area contributed by atoms with Crippen LogP contribution < -0.4 is 10.5 Å². The Hall–Kier alpha value is -1.51. The molecule has 3 heteroatoms. The molecule has 0 spiro atoms. The average molecular weight is 248 g/mol. The monoisotopic (exact) mass is 247 g/mol. The van der Waals surface area contributed by atoms with Crippen LogP contribution in [0.1, 0.15) is 0 Å². The Morgan fingerprint density at radius 1 is 1.06 bits per heavy atom. The molecular formula is C14H14ClNO. The Morgan fingerprint density at radius 3 is 2.65 bits per heavy atom. The molecule has 17 heavy (non-hydrogen) atoms. The lowest BCUT2D eigenvalue weighted by Gasteiger charge is -2.08. The van der Waals surface area contributed by atoms with Crippen LogP contribution in [-0.2, 0) is 0 Å². The molecule has 0 bridgehead atoms. The van der Waals surface area contributed by atoms with Crippen molar-refractivity contribution in [3.05, 3.63) is 53.6 Å². The highest BCUT2D eigenvalue weighted by Gasteiger charge is 2.03. The van der Waals surface area contributed by atoms with Gasteiger partial charge < -0.3 is 10.5 Å². The second-order valence-corrected chi connectivity index (χ2v) is 4.05. The molecular weight excluding hydrogens is 234 g/mol. The number of rotatable bonds is 4. The van der Waals surface area contributed by atoms with Gasteiger partial charge in [0.2, 0.25) is 0 Å². The lowest BCUT2D eigenvalue weighted by Crippen LogP contribution is -2.10. The summed E-state index contributed by atoms with van der Waals surface area (Å²) in [5.41, 5.74) is 7.46. The Kier molecular flexibility index (Phi) is 4.02. The van der Waals surface area contributed by atoms with Crippen LogP contribution in [0.5, 0.6) is 5.75 Å². The highest BCUT2D eigenvalue weighted by Crippen LogP contribution is 2.29. The van der Waals surface area contributed by atoms with E-state index in [1.54, 1.807) is 0 Å². The van der Waals surface area contributed by atoms with Gasteiger partial charge in [-0.05, 0) is 23.8 Å². The summed E-state index contributed by atoms with van der Waals surface area (Å²) in [7, 11) is 0. The van der Waals surface area contributed by atoms with Crippen LogP contribution in [-0.4, -0.2) is 13.2 Å².